The largest absolute Gasteiger partial charge is 0.460 e. The van der Waals surface area contributed by atoms with Gasteiger partial charge in [0.1, 0.15) is 0 Å². The quantitative estimate of drug-likeness (QED) is 0.196. The second kappa shape index (κ2) is 8.64. The number of rotatable bonds is 5. The number of benzene rings is 4. The van der Waals surface area contributed by atoms with Crippen molar-refractivity contribution in [1.82, 2.24) is 0 Å². The molecule has 0 saturated carbocycles. The van der Waals surface area contributed by atoms with E-state index in [-0.39, 0.29) is 23.1 Å². The first kappa shape index (κ1) is 25.9. The van der Waals surface area contributed by atoms with Crippen LogP contribution in [-0.4, -0.2) is 18.0 Å². The summed E-state index contributed by atoms with van der Waals surface area (Å²) >= 11 is 0. The fourth-order valence-corrected chi connectivity index (χ4v) is 4.90. The first-order valence-corrected chi connectivity index (χ1v) is 11.4. The molecule has 5 rings (SSSR count). The lowest BCUT2D eigenvalue weighted by Gasteiger charge is -2.36. The number of fused-ring (bicyclic) bond motifs is 3. The number of alkyl halides is 9. The standard InChI is InChI=1S/C29H17F9/c30-26(31,27(32,33)28(34,35)29(36,37)38)25-23-15-19-13-7-8-14-20(19)22(23)16-21(17-9-3-1-4-10-17)24(25)18-11-5-2-6-12-18/h1-14,16H,15H2. The molecule has 0 heterocycles. The molecule has 0 nitrogen and oxygen atoms in total. The third-order valence-corrected chi connectivity index (χ3v) is 6.72. The maximum absolute atomic E-state index is 16.0. The third-order valence-electron chi connectivity index (χ3n) is 6.72. The van der Waals surface area contributed by atoms with E-state index in [0.29, 0.717) is 16.7 Å². The van der Waals surface area contributed by atoms with Crippen molar-refractivity contribution in [2.75, 3.05) is 0 Å². The highest BCUT2D eigenvalue weighted by atomic mass is 19.4. The van der Waals surface area contributed by atoms with Gasteiger partial charge in [0.05, 0.1) is 0 Å². The van der Waals surface area contributed by atoms with E-state index in [9.17, 15) is 30.7 Å². The zero-order valence-electron chi connectivity index (χ0n) is 19.3. The molecule has 0 radical (unpaired) electrons. The minimum Gasteiger partial charge on any atom is -0.194 e. The van der Waals surface area contributed by atoms with Crippen LogP contribution in [0.1, 0.15) is 16.7 Å². The van der Waals surface area contributed by atoms with Gasteiger partial charge < -0.3 is 0 Å². The first-order valence-electron chi connectivity index (χ1n) is 11.4. The third kappa shape index (κ3) is 3.70. The van der Waals surface area contributed by atoms with E-state index in [4.69, 9.17) is 0 Å². The lowest BCUT2D eigenvalue weighted by atomic mass is 9.80. The first-order chi connectivity index (χ1) is 17.8. The van der Waals surface area contributed by atoms with Crippen LogP contribution in [0.2, 0.25) is 0 Å². The number of halogens is 9. The second-order valence-corrected chi connectivity index (χ2v) is 8.99. The molecule has 0 atom stereocenters. The van der Waals surface area contributed by atoms with Gasteiger partial charge >= 0.3 is 23.9 Å². The van der Waals surface area contributed by atoms with E-state index in [1.807, 2.05) is 0 Å². The molecule has 0 amide bonds. The van der Waals surface area contributed by atoms with Crippen molar-refractivity contribution in [3.8, 4) is 33.4 Å². The summed E-state index contributed by atoms with van der Waals surface area (Å²) in [4.78, 5) is 0. The lowest BCUT2D eigenvalue weighted by molar-refractivity contribution is -0.399. The van der Waals surface area contributed by atoms with Crippen molar-refractivity contribution in [3.63, 3.8) is 0 Å². The topological polar surface area (TPSA) is 0 Å². The van der Waals surface area contributed by atoms with Crippen molar-refractivity contribution in [2.24, 2.45) is 0 Å². The van der Waals surface area contributed by atoms with E-state index in [1.165, 1.54) is 48.5 Å². The Balaban J connectivity index is 1.94. The second-order valence-electron chi connectivity index (χ2n) is 8.99. The van der Waals surface area contributed by atoms with Gasteiger partial charge in [-0.25, -0.2) is 0 Å². The monoisotopic (exact) mass is 536 g/mol. The summed E-state index contributed by atoms with van der Waals surface area (Å²) in [5, 5.41) is 0. The Kier molecular flexibility index (Phi) is 5.89. The summed E-state index contributed by atoms with van der Waals surface area (Å²) in [6.45, 7) is 0. The minimum atomic E-state index is -7.02. The average Bonchev–Trinajstić information content (AvgIpc) is 3.26. The number of hydrogen-bond donors (Lipinski definition) is 0. The maximum atomic E-state index is 16.0. The Hall–Kier alpha value is -3.75. The molecule has 0 N–H and O–H groups in total. The van der Waals surface area contributed by atoms with Crippen molar-refractivity contribution in [3.05, 3.63) is 108 Å². The van der Waals surface area contributed by atoms with E-state index >= 15 is 8.78 Å². The fourth-order valence-electron chi connectivity index (χ4n) is 4.90. The van der Waals surface area contributed by atoms with Crippen molar-refractivity contribution in [1.29, 1.82) is 0 Å². The molecule has 9 heteroatoms. The maximum Gasteiger partial charge on any atom is 0.460 e. The molecule has 0 aromatic heterocycles. The van der Waals surface area contributed by atoms with Crippen LogP contribution in [0.25, 0.3) is 33.4 Å². The molecule has 0 unspecified atom stereocenters. The summed E-state index contributed by atoms with van der Waals surface area (Å²) in [7, 11) is 0. The van der Waals surface area contributed by atoms with Gasteiger partial charge in [-0.3, -0.25) is 0 Å². The van der Waals surface area contributed by atoms with E-state index in [1.54, 1.807) is 42.5 Å². The highest BCUT2D eigenvalue weighted by Crippen LogP contribution is 2.61. The highest BCUT2D eigenvalue weighted by molar-refractivity contribution is 5.94. The molecule has 0 fully saturated rings. The summed E-state index contributed by atoms with van der Waals surface area (Å²) in [5.74, 6) is -19.7. The number of hydrogen-bond acceptors (Lipinski definition) is 0. The van der Waals surface area contributed by atoms with Crippen molar-refractivity contribution >= 4 is 0 Å². The van der Waals surface area contributed by atoms with Crippen LogP contribution in [0, 0.1) is 0 Å². The van der Waals surface area contributed by atoms with Crippen LogP contribution in [0.5, 0.6) is 0 Å². The molecule has 196 valence electrons. The molecule has 1 aliphatic carbocycles. The molecule has 0 saturated heterocycles. The van der Waals surface area contributed by atoms with Gasteiger partial charge in [0.15, 0.2) is 0 Å². The van der Waals surface area contributed by atoms with Crippen LogP contribution >= 0.6 is 0 Å². The lowest BCUT2D eigenvalue weighted by Crippen LogP contribution is -2.59. The van der Waals surface area contributed by atoms with Crippen molar-refractivity contribution in [2.45, 2.75) is 30.4 Å². The van der Waals surface area contributed by atoms with Gasteiger partial charge in [-0.15, -0.1) is 0 Å². The van der Waals surface area contributed by atoms with Gasteiger partial charge in [-0.05, 0) is 57.0 Å². The molecule has 1 aliphatic rings. The Morgan fingerprint density at radius 1 is 0.500 bits per heavy atom. The van der Waals surface area contributed by atoms with Crippen LogP contribution in [0.15, 0.2) is 91.0 Å². The molecule has 4 aromatic rings. The van der Waals surface area contributed by atoms with Crippen LogP contribution < -0.4 is 0 Å². The van der Waals surface area contributed by atoms with Gasteiger partial charge in [-0.2, -0.15) is 39.5 Å². The van der Waals surface area contributed by atoms with E-state index < -0.39 is 40.6 Å². The van der Waals surface area contributed by atoms with Gasteiger partial charge in [0.25, 0.3) is 0 Å². The van der Waals surface area contributed by atoms with E-state index in [0.717, 1.165) is 0 Å². The fraction of sp³-hybridized carbons (Fsp3) is 0.172. The smallest absolute Gasteiger partial charge is 0.194 e. The zero-order valence-corrected chi connectivity index (χ0v) is 19.3. The van der Waals surface area contributed by atoms with Gasteiger partial charge in [0.2, 0.25) is 0 Å². The minimum absolute atomic E-state index is 0.00643. The van der Waals surface area contributed by atoms with Gasteiger partial charge in [-0.1, -0.05) is 84.9 Å². The Labute approximate surface area is 211 Å². The summed E-state index contributed by atoms with van der Waals surface area (Å²) < 4.78 is 129. The molecular weight excluding hydrogens is 519 g/mol. The molecular formula is C29H17F9. The SMILES string of the molecule is FC(F)(F)C(F)(F)C(F)(F)C(F)(F)c1c2c(cc(-c3ccccc3)c1-c1ccccc1)-c1ccccc1C2. The van der Waals surface area contributed by atoms with Crippen LogP contribution in [0.4, 0.5) is 39.5 Å². The molecule has 0 bridgehead atoms. The van der Waals surface area contributed by atoms with Crippen LogP contribution in [-0.2, 0) is 12.3 Å². The molecule has 0 aliphatic heterocycles. The summed E-state index contributed by atoms with van der Waals surface area (Å²) in [6.07, 6.45) is -7.27. The average molecular weight is 536 g/mol. The van der Waals surface area contributed by atoms with Gasteiger partial charge in [0, 0.05) is 5.56 Å². The molecule has 4 aromatic carbocycles. The Morgan fingerprint density at radius 3 is 1.61 bits per heavy atom. The molecule has 0 spiro atoms. The summed E-state index contributed by atoms with van der Waals surface area (Å²) in [5.41, 5.74) is -1.33. The highest BCUT2D eigenvalue weighted by Gasteiger charge is 2.82. The normalized spacial score (nSPS) is 13.8. The van der Waals surface area contributed by atoms with Crippen molar-refractivity contribution < 1.29 is 39.5 Å². The molecule has 38 heavy (non-hydrogen) atoms. The Bertz CT molecular complexity index is 1490. The van der Waals surface area contributed by atoms with E-state index in [2.05, 4.69) is 0 Å². The Morgan fingerprint density at radius 2 is 1.03 bits per heavy atom. The zero-order chi connectivity index (χ0) is 27.5. The van der Waals surface area contributed by atoms with Crippen LogP contribution in [0.3, 0.4) is 0 Å². The predicted octanol–water partition coefficient (Wildman–Crippen LogP) is 9.52. The predicted molar refractivity (Wildman–Crippen MR) is 125 cm³/mol. The summed E-state index contributed by atoms with van der Waals surface area (Å²) in [6, 6.07) is 22.6.